The minimum atomic E-state index is 0.00844. The molecular formula is C32H33N3O2. The molecule has 2 aromatic carbocycles. The molecule has 0 spiro atoms. The lowest BCUT2D eigenvalue weighted by molar-refractivity contribution is 0.120. The summed E-state index contributed by atoms with van der Waals surface area (Å²) in [6.07, 6.45) is 12.0. The molecule has 5 nitrogen and oxygen atoms in total. The molecule has 1 fully saturated rings. The number of hydrogen-bond acceptors (Lipinski definition) is 4. The summed E-state index contributed by atoms with van der Waals surface area (Å²) in [6, 6.07) is 17.8. The fourth-order valence-corrected chi connectivity index (χ4v) is 5.14. The molecule has 2 aliphatic rings. The molecule has 0 N–H and O–H groups in total. The Morgan fingerprint density at radius 2 is 1.86 bits per heavy atom. The Hall–Kier alpha value is -3.91. The molecule has 37 heavy (non-hydrogen) atoms. The van der Waals surface area contributed by atoms with Gasteiger partial charge in [-0.1, -0.05) is 49.3 Å². The van der Waals surface area contributed by atoms with E-state index in [1.807, 2.05) is 55.5 Å². The molecule has 0 amide bonds. The third-order valence-corrected chi connectivity index (χ3v) is 7.40. The van der Waals surface area contributed by atoms with E-state index in [-0.39, 0.29) is 5.56 Å². The van der Waals surface area contributed by atoms with Crippen molar-refractivity contribution in [3.63, 3.8) is 0 Å². The summed E-state index contributed by atoms with van der Waals surface area (Å²) in [5.74, 6) is 1.56. The standard InChI is InChI=1S/C32H33N3O2/c1-3-7-31-30(20-23-12-14-24(15-13-23)29-11-5-4-8-25(29)21-33)32(36)35(22(2)34-31)26-16-18-28(19-17-26)37-27-9-6-10-27/h4-5,8,11-12,14,16-19,27H,3,6-7,9-10,13,15,20H2,1-2H3. The first-order valence-electron chi connectivity index (χ1n) is 13.3. The first kappa shape index (κ1) is 24.8. The smallest absolute Gasteiger partial charge is 0.261 e. The van der Waals surface area contributed by atoms with E-state index in [0.717, 1.165) is 66.8 Å². The van der Waals surface area contributed by atoms with Crippen LogP contribution in [0.1, 0.15) is 73.7 Å². The molecule has 188 valence electrons. The van der Waals surface area contributed by atoms with Crippen molar-refractivity contribution in [2.75, 3.05) is 0 Å². The molecule has 0 aliphatic heterocycles. The SMILES string of the molecule is CCCc1nc(C)n(-c2ccc(OC3CCC3)cc2)c(=O)c1CC1=CC=C(c2ccccc2C#N)CC1. The van der Waals surface area contributed by atoms with Crippen LogP contribution in [0.4, 0.5) is 0 Å². The number of ether oxygens (including phenoxy) is 1. The first-order chi connectivity index (χ1) is 18.1. The molecule has 0 unspecified atom stereocenters. The van der Waals surface area contributed by atoms with Crippen LogP contribution in [0, 0.1) is 18.3 Å². The highest BCUT2D eigenvalue weighted by atomic mass is 16.5. The number of aromatic nitrogens is 2. The lowest BCUT2D eigenvalue weighted by Gasteiger charge is -2.26. The lowest BCUT2D eigenvalue weighted by Crippen LogP contribution is -2.28. The number of allylic oxidation sites excluding steroid dienone is 4. The third-order valence-electron chi connectivity index (χ3n) is 7.40. The van der Waals surface area contributed by atoms with E-state index in [1.165, 1.54) is 17.6 Å². The van der Waals surface area contributed by atoms with Crippen molar-refractivity contribution < 1.29 is 4.74 Å². The maximum absolute atomic E-state index is 13.9. The molecule has 3 aromatic rings. The van der Waals surface area contributed by atoms with Crippen LogP contribution in [0.3, 0.4) is 0 Å². The van der Waals surface area contributed by atoms with Crippen molar-refractivity contribution in [1.29, 1.82) is 5.26 Å². The number of benzene rings is 2. The Labute approximate surface area is 218 Å². The van der Waals surface area contributed by atoms with Gasteiger partial charge < -0.3 is 4.74 Å². The highest BCUT2D eigenvalue weighted by Crippen LogP contribution is 2.30. The van der Waals surface area contributed by atoms with Crippen LogP contribution in [0.15, 0.2) is 71.1 Å². The van der Waals surface area contributed by atoms with Crippen LogP contribution in [0.2, 0.25) is 0 Å². The van der Waals surface area contributed by atoms with Gasteiger partial charge in [0.15, 0.2) is 0 Å². The van der Waals surface area contributed by atoms with Gasteiger partial charge in [0, 0.05) is 12.0 Å². The molecule has 5 heteroatoms. The van der Waals surface area contributed by atoms with Gasteiger partial charge in [0.25, 0.3) is 5.56 Å². The molecule has 1 heterocycles. The van der Waals surface area contributed by atoms with Gasteiger partial charge in [-0.15, -0.1) is 0 Å². The third kappa shape index (κ3) is 5.29. The second kappa shape index (κ2) is 11.0. The monoisotopic (exact) mass is 491 g/mol. The van der Waals surface area contributed by atoms with Crippen molar-refractivity contribution in [3.8, 4) is 17.5 Å². The largest absolute Gasteiger partial charge is 0.490 e. The molecule has 5 rings (SSSR count). The maximum Gasteiger partial charge on any atom is 0.261 e. The zero-order valence-corrected chi connectivity index (χ0v) is 21.7. The van der Waals surface area contributed by atoms with Crippen LogP contribution in [-0.2, 0) is 12.8 Å². The van der Waals surface area contributed by atoms with Crippen molar-refractivity contribution in [2.45, 2.75) is 71.3 Å². The summed E-state index contributed by atoms with van der Waals surface area (Å²) in [6.45, 7) is 4.03. The van der Waals surface area contributed by atoms with E-state index in [2.05, 4.69) is 25.1 Å². The van der Waals surface area contributed by atoms with E-state index in [1.54, 1.807) is 4.57 Å². The topological polar surface area (TPSA) is 67.9 Å². The van der Waals surface area contributed by atoms with Gasteiger partial charge in [-0.25, -0.2) is 4.98 Å². The maximum atomic E-state index is 13.9. The highest BCUT2D eigenvalue weighted by Gasteiger charge is 2.20. The zero-order chi connectivity index (χ0) is 25.8. The van der Waals surface area contributed by atoms with Crippen molar-refractivity contribution in [3.05, 3.63) is 105 Å². The van der Waals surface area contributed by atoms with Crippen LogP contribution >= 0.6 is 0 Å². The second-order valence-corrected chi connectivity index (χ2v) is 9.99. The lowest BCUT2D eigenvalue weighted by atomic mass is 9.88. The van der Waals surface area contributed by atoms with Gasteiger partial charge in [0.05, 0.1) is 29.1 Å². The van der Waals surface area contributed by atoms with Gasteiger partial charge in [0.2, 0.25) is 0 Å². The van der Waals surface area contributed by atoms with Gasteiger partial charge in [-0.3, -0.25) is 9.36 Å². The zero-order valence-electron chi connectivity index (χ0n) is 21.7. The predicted octanol–water partition coefficient (Wildman–Crippen LogP) is 6.64. The van der Waals surface area contributed by atoms with Gasteiger partial charge >= 0.3 is 0 Å². The summed E-state index contributed by atoms with van der Waals surface area (Å²) in [7, 11) is 0. The molecular weight excluding hydrogens is 458 g/mol. The Kier molecular flexibility index (Phi) is 7.37. The van der Waals surface area contributed by atoms with Crippen molar-refractivity contribution >= 4 is 5.57 Å². The van der Waals surface area contributed by atoms with Crippen LogP contribution in [-0.4, -0.2) is 15.7 Å². The number of aryl methyl sites for hydroxylation is 2. The molecule has 2 aliphatic carbocycles. The Bertz CT molecular complexity index is 1450. The highest BCUT2D eigenvalue weighted by molar-refractivity contribution is 5.73. The predicted molar refractivity (Wildman–Crippen MR) is 147 cm³/mol. The minimum absolute atomic E-state index is 0.00844. The Balaban J connectivity index is 1.45. The second-order valence-electron chi connectivity index (χ2n) is 9.99. The van der Waals surface area contributed by atoms with E-state index in [9.17, 15) is 10.1 Å². The molecule has 0 atom stereocenters. The molecule has 1 aromatic heterocycles. The van der Waals surface area contributed by atoms with Gasteiger partial charge in [0.1, 0.15) is 11.6 Å². The summed E-state index contributed by atoms with van der Waals surface area (Å²) >= 11 is 0. The van der Waals surface area contributed by atoms with E-state index in [4.69, 9.17) is 9.72 Å². The van der Waals surface area contributed by atoms with Crippen LogP contribution < -0.4 is 10.3 Å². The molecule has 0 saturated heterocycles. The van der Waals surface area contributed by atoms with E-state index in [0.29, 0.717) is 23.9 Å². The first-order valence-corrected chi connectivity index (χ1v) is 13.3. The van der Waals surface area contributed by atoms with Crippen molar-refractivity contribution in [1.82, 2.24) is 9.55 Å². The fraction of sp³-hybridized carbons (Fsp3) is 0.344. The number of nitriles is 1. The fourth-order valence-electron chi connectivity index (χ4n) is 5.14. The summed E-state index contributed by atoms with van der Waals surface area (Å²) < 4.78 is 7.73. The van der Waals surface area contributed by atoms with Crippen LogP contribution in [0.5, 0.6) is 5.75 Å². The van der Waals surface area contributed by atoms with Crippen LogP contribution in [0.25, 0.3) is 11.3 Å². The normalized spacial score (nSPS) is 15.4. The molecule has 1 saturated carbocycles. The number of rotatable bonds is 8. The minimum Gasteiger partial charge on any atom is -0.490 e. The average Bonchev–Trinajstić information content (AvgIpc) is 2.90. The number of hydrogen-bond donors (Lipinski definition) is 0. The Morgan fingerprint density at radius 3 is 2.51 bits per heavy atom. The molecule has 0 bridgehead atoms. The Morgan fingerprint density at radius 1 is 1.08 bits per heavy atom. The van der Waals surface area contributed by atoms with E-state index < -0.39 is 0 Å². The quantitative estimate of drug-likeness (QED) is 0.354. The summed E-state index contributed by atoms with van der Waals surface area (Å²) in [5.41, 5.74) is 6.58. The van der Waals surface area contributed by atoms with Gasteiger partial charge in [-0.2, -0.15) is 5.26 Å². The van der Waals surface area contributed by atoms with E-state index >= 15 is 0 Å². The van der Waals surface area contributed by atoms with Gasteiger partial charge in [-0.05, 0) is 86.9 Å². The summed E-state index contributed by atoms with van der Waals surface area (Å²) in [4.78, 5) is 18.8. The summed E-state index contributed by atoms with van der Waals surface area (Å²) in [5, 5.41) is 9.47. The number of nitrogens with zero attached hydrogens (tertiary/aromatic N) is 3. The molecule has 0 radical (unpaired) electrons. The van der Waals surface area contributed by atoms with Crippen molar-refractivity contribution in [2.24, 2.45) is 0 Å². The average molecular weight is 492 g/mol.